The van der Waals surface area contributed by atoms with Crippen LogP contribution in [0.3, 0.4) is 0 Å². The van der Waals surface area contributed by atoms with Gasteiger partial charge in [-0.2, -0.15) is 0 Å². The number of hydrogen-bond acceptors (Lipinski definition) is 3. The molecule has 8 heteroatoms. The highest BCUT2D eigenvalue weighted by molar-refractivity contribution is 6.31. The summed E-state index contributed by atoms with van der Waals surface area (Å²) in [5.74, 6) is -0.264. The highest BCUT2D eigenvalue weighted by Gasteiger charge is 2.24. The van der Waals surface area contributed by atoms with E-state index < -0.39 is 0 Å². The van der Waals surface area contributed by atoms with Crippen LogP contribution in [0.25, 0.3) is 10.9 Å². The topological polar surface area (TPSA) is 97.5 Å². The monoisotopic (exact) mass is 364 g/mol. The fourth-order valence-electron chi connectivity index (χ4n) is 3.02. The number of amides is 3. The number of carbonyl (C=O) groups is 2. The van der Waals surface area contributed by atoms with Crippen LogP contribution in [-0.2, 0) is 17.8 Å². The number of aliphatic hydroxyl groups is 1. The molecule has 134 valence electrons. The van der Waals surface area contributed by atoms with E-state index in [2.05, 4.69) is 15.6 Å². The summed E-state index contributed by atoms with van der Waals surface area (Å²) in [4.78, 5) is 28.9. The van der Waals surface area contributed by atoms with Gasteiger partial charge in [-0.3, -0.25) is 4.79 Å². The average Bonchev–Trinajstić information content (AvgIpc) is 2.97. The minimum atomic E-state index is -0.264. The Balaban J connectivity index is 1.58. The van der Waals surface area contributed by atoms with Crippen molar-refractivity contribution in [3.05, 3.63) is 34.5 Å². The van der Waals surface area contributed by atoms with E-state index in [0.717, 1.165) is 23.0 Å². The number of nitrogens with one attached hydrogen (secondary N) is 3. The molecule has 1 aromatic heterocycles. The second-order valence-corrected chi connectivity index (χ2v) is 6.47. The molecule has 25 heavy (non-hydrogen) atoms. The molecule has 0 bridgehead atoms. The number of halogens is 1. The lowest BCUT2D eigenvalue weighted by molar-refractivity contribution is -0.120. The number of H-pyrrole nitrogens is 1. The van der Waals surface area contributed by atoms with Crippen molar-refractivity contribution in [3.8, 4) is 0 Å². The fraction of sp³-hybridized carbons (Fsp3) is 0.412. The van der Waals surface area contributed by atoms with Crippen molar-refractivity contribution in [2.75, 3.05) is 26.2 Å². The Morgan fingerprint density at radius 1 is 1.32 bits per heavy atom. The Kier molecular flexibility index (Phi) is 5.45. The Labute approximate surface area is 150 Å². The van der Waals surface area contributed by atoms with Crippen molar-refractivity contribution in [2.24, 2.45) is 0 Å². The lowest BCUT2D eigenvalue weighted by Crippen LogP contribution is -2.46. The van der Waals surface area contributed by atoms with E-state index >= 15 is 0 Å². The summed E-state index contributed by atoms with van der Waals surface area (Å²) in [5, 5.41) is 15.7. The molecule has 7 nitrogen and oxygen atoms in total. The van der Waals surface area contributed by atoms with Crippen molar-refractivity contribution in [1.82, 2.24) is 20.5 Å². The predicted molar refractivity (Wildman–Crippen MR) is 95.5 cm³/mol. The SMILES string of the molecule is O=C(CNC(=O)N1CCc2c([nH]c3ccc(Cl)cc23)C1)NCCCO. The summed E-state index contributed by atoms with van der Waals surface area (Å²) in [6.45, 7) is 1.41. The first-order valence-corrected chi connectivity index (χ1v) is 8.65. The first kappa shape index (κ1) is 17.6. The van der Waals surface area contributed by atoms with Gasteiger partial charge in [0.25, 0.3) is 0 Å². The number of aromatic amines is 1. The summed E-state index contributed by atoms with van der Waals surface area (Å²) >= 11 is 6.07. The number of aromatic nitrogens is 1. The highest BCUT2D eigenvalue weighted by atomic mass is 35.5. The Bertz CT molecular complexity index is 790. The number of hydrogen-bond donors (Lipinski definition) is 4. The van der Waals surface area contributed by atoms with Gasteiger partial charge in [-0.05, 0) is 36.6 Å². The number of fused-ring (bicyclic) bond motifs is 3. The Hall–Kier alpha value is -2.25. The molecular weight excluding hydrogens is 344 g/mol. The van der Waals surface area contributed by atoms with E-state index in [1.54, 1.807) is 4.90 Å². The molecule has 1 aliphatic rings. The van der Waals surface area contributed by atoms with Gasteiger partial charge in [-0.1, -0.05) is 11.6 Å². The third-order valence-electron chi connectivity index (χ3n) is 4.28. The van der Waals surface area contributed by atoms with Crippen LogP contribution in [0, 0.1) is 0 Å². The Morgan fingerprint density at radius 2 is 2.16 bits per heavy atom. The normalized spacial score (nSPS) is 13.6. The van der Waals surface area contributed by atoms with E-state index in [-0.39, 0.29) is 25.1 Å². The van der Waals surface area contributed by atoms with Gasteiger partial charge < -0.3 is 25.6 Å². The molecule has 0 fully saturated rings. The molecule has 4 N–H and O–H groups in total. The van der Waals surface area contributed by atoms with Gasteiger partial charge in [0.1, 0.15) is 0 Å². The van der Waals surface area contributed by atoms with Crippen LogP contribution < -0.4 is 10.6 Å². The van der Waals surface area contributed by atoms with Crippen LogP contribution in [0.4, 0.5) is 4.79 Å². The number of urea groups is 1. The number of benzene rings is 1. The molecule has 0 spiro atoms. The summed E-state index contributed by atoms with van der Waals surface area (Å²) in [5.41, 5.74) is 3.22. The van der Waals surface area contributed by atoms with Gasteiger partial charge in [0, 0.05) is 41.3 Å². The lowest BCUT2D eigenvalue weighted by Gasteiger charge is -2.27. The van der Waals surface area contributed by atoms with Gasteiger partial charge in [0.15, 0.2) is 0 Å². The molecule has 0 saturated heterocycles. The zero-order chi connectivity index (χ0) is 17.8. The maximum Gasteiger partial charge on any atom is 0.318 e. The maximum atomic E-state index is 12.3. The van der Waals surface area contributed by atoms with Gasteiger partial charge in [0.05, 0.1) is 13.1 Å². The van der Waals surface area contributed by atoms with E-state index in [1.807, 2.05) is 18.2 Å². The molecule has 0 unspecified atom stereocenters. The van der Waals surface area contributed by atoms with Crippen molar-refractivity contribution < 1.29 is 14.7 Å². The van der Waals surface area contributed by atoms with Crippen molar-refractivity contribution >= 4 is 34.4 Å². The molecule has 0 aliphatic carbocycles. The van der Waals surface area contributed by atoms with Crippen molar-refractivity contribution in [3.63, 3.8) is 0 Å². The average molecular weight is 365 g/mol. The quantitative estimate of drug-likeness (QED) is 0.603. The van der Waals surface area contributed by atoms with Crippen LogP contribution in [0.5, 0.6) is 0 Å². The van der Waals surface area contributed by atoms with Crippen molar-refractivity contribution in [2.45, 2.75) is 19.4 Å². The van der Waals surface area contributed by atoms with E-state index in [1.165, 1.54) is 5.56 Å². The fourth-order valence-corrected chi connectivity index (χ4v) is 3.20. The second kappa shape index (κ2) is 7.76. The van der Waals surface area contributed by atoms with Gasteiger partial charge in [-0.25, -0.2) is 4.79 Å². The molecule has 0 saturated carbocycles. The molecule has 2 aromatic rings. The predicted octanol–water partition coefficient (Wildman–Crippen LogP) is 1.39. The molecule has 3 amide bonds. The summed E-state index contributed by atoms with van der Waals surface area (Å²) in [6, 6.07) is 5.46. The number of rotatable bonds is 5. The van der Waals surface area contributed by atoms with Gasteiger partial charge in [0.2, 0.25) is 5.91 Å². The third kappa shape index (κ3) is 4.05. The standard InChI is InChI=1S/C17H21ClN4O3/c18-11-2-3-14-13(8-11)12-4-6-22(10-15(12)21-14)17(25)20-9-16(24)19-5-1-7-23/h2-3,8,21,23H,1,4-7,9-10H2,(H,19,24)(H,20,25). The molecule has 1 aliphatic heterocycles. The van der Waals surface area contributed by atoms with Crippen LogP contribution >= 0.6 is 11.6 Å². The zero-order valence-corrected chi connectivity index (χ0v) is 14.5. The van der Waals surface area contributed by atoms with E-state index in [4.69, 9.17) is 16.7 Å². The summed E-state index contributed by atoms with van der Waals surface area (Å²) < 4.78 is 0. The summed E-state index contributed by atoms with van der Waals surface area (Å²) in [6.07, 6.45) is 1.24. The number of carbonyl (C=O) groups excluding carboxylic acids is 2. The van der Waals surface area contributed by atoms with Crippen LogP contribution in [0.2, 0.25) is 5.02 Å². The first-order chi connectivity index (χ1) is 12.1. The van der Waals surface area contributed by atoms with Crippen LogP contribution in [-0.4, -0.2) is 53.2 Å². The third-order valence-corrected chi connectivity index (χ3v) is 4.52. The molecule has 3 rings (SSSR count). The molecule has 0 radical (unpaired) electrons. The second-order valence-electron chi connectivity index (χ2n) is 6.03. The van der Waals surface area contributed by atoms with Crippen LogP contribution in [0.15, 0.2) is 18.2 Å². The molecule has 0 atom stereocenters. The largest absolute Gasteiger partial charge is 0.396 e. The minimum absolute atomic E-state index is 0.0263. The Morgan fingerprint density at radius 3 is 2.96 bits per heavy atom. The van der Waals surface area contributed by atoms with Crippen LogP contribution in [0.1, 0.15) is 17.7 Å². The maximum absolute atomic E-state index is 12.3. The van der Waals surface area contributed by atoms with Crippen molar-refractivity contribution in [1.29, 1.82) is 0 Å². The number of aliphatic hydroxyl groups excluding tert-OH is 1. The minimum Gasteiger partial charge on any atom is -0.396 e. The molecule has 1 aromatic carbocycles. The molecular formula is C17H21ClN4O3. The first-order valence-electron chi connectivity index (χ1n) is 8.28. The molecule has 2 heterocycles. The highest BCUT2D eigenvalue weighted by Crippen LogP contribution is 2.29. The van der Waals surface area contributed by atoms with E-state index in [9.17, 15) is 9.59 Å². The van der Waals surface area contributed by atoms with E-state index in [0.29, 0.717) is 31.1 Å². The summed E-state index contributed by atoms with van der Waals surface area (Å²) in [7, 11) is 0. The number of nitrogens with zero attached hydrogens (tertiary/aromatic N) is 1. The zero-order valence-electron chi connectivity index (χ0n) is 13.8. The smallest absolute Gasteiger partial charge is 0.318 e. The van der Waals surface area contributed by atoms with Gasteiger partial charge in [-0.15, -0.1) is 0 Å². The lowest BCUT2D eigenvalue weighted by atomic mass is 10.0. The van der Waals surface area contributed by atoms with Gasteiger partial charge >= 0.3 is 6.03 Å².